The quantitative estimate of drug-likeness (QED) is 0.472. The molecule has 0 aromatic carbocycles. The summed E-state index contributed by atoms with van der Waals surface area (Å²) in [6.45, 7) is 8.06. The number of nitrogens with one attached hydrogen (secondary N) is 2. The summed E-state index contributed by atoms with van der Waals surface area (Å²) in [4.78, 5) is 10.1. The number of halogens is 4. The third-order valence-electron chi connectivity index (χ3n) is 3.70. The number of rotatable bonds is 5. The van der Waals surface area contributed by atoms with E-state index >= 15 is 0 Å². The van der Waals surface area contributed by atoms with Crippen LogP contribution in [0.4, 0.5) is 19.0 Å². The van der Waals surface area contributed by atoms with E-state index in [4.69, 9.17) is 11.6 Å². The minimum Gasteiger partial charge on any atom is -0.357 e. The van der Waals surface area contributed by atoms with Gasteiger partial charge in [-0.15, -0.1) is 6.58 Å². The molecule has 1 aromatic heterocycles. The van der Waals surface area contributed by atoms with Crippen LogP contribution in [-0.2, 0) is 6.18 Å². The van der Waals surface area contributed by atoms with Crippen LogP contribution in [0, 0.1) is 0 Å². The molecule has 0 radical (unpaired) electrons. The molecule has 5 nitrogen and oxygen atoms in total. The van der Waals surface area contributed by atoms with Gasteiger partial charge in [-0.1, -0.05) is 17.7 Å². The van der Waals surface area contributed by atoms with Crippen molar-refractivity contribution in [2.24, 2.45) is 4.99 Å². The van der Waals surface area contributed by atoms with Gasteiger partial charge in [0, 0.05) is 31.9 Å². The zero-order valence-corrected chi connectivity index (χ0v) is 14.7. The number of anilines is 1. The lowest BCUT2D eigenvalue weighted by atomic mass is 10.2. The highest BCUT2D eigenvalue weighted by Gasteiger charge is 2.33. The van der Waals surface area contributed by atoms with Crippen LogP contribution in [0.2, 0.25) is 5.02 Å². The van der Waals surface area contributed by atoms with E-state index in [-0.39, 0.29) is 11.1 Å². The first-order chi connectivity index (χ1) is 11.8. The highest BCUT2D eigenvalue weighted by molar-refractivity contribution is 6.33. The van der Waals surface area contributed by atoms with Crippen molar-refractivity contribution in [2.45, 2.75) is 25.6 Å². The first kappa shape index (κ1) is 19.4. The largest absolute Gasteiger partial charge is 0.417 e. The summed E-state index contributed by atoms with van der Waals surface area (Å²) in [7, 11) is 0. The molecule has 0 amide bonds. The fourth-order valence-corrected chi connectivity index (χ4v) is 2.84. The van der Waals surface area contributed by atoms with Gasteiger partial charge < -0.3 is 15.5 Å². The van der Waals surface area contributed by atoms with Crippen molar-refractivity contribution in [3.05, 3.63) is 35.5 Å². The molecule has 1 aromatic rings. The molecule has 138 valence electrons. The van der Waals surface area contributed by atoms with Gasteiger partial charge in [0.15, 0.2) is 5.96 Å². The third kappa shape index (κ3) is 5.26. The molecular formula is C16H21ClF3N5. The fourth-order valence-electron chi connectivity index (χ4n) is 2.56. The lowest BCUT2D eigenvalue weighted by Crippen LogP contribution is -2.44. The maximum Gasteiger partial charge on any atom is 0.417 e. The van der Waals surface area contributed by atoms with E-state index in [1.165, 1.54) is 0 Å². The maximum atomic E-state index is 12.7. The van der Waals surface area contributed by atoms with Crippen molar-refractivity contribution >= 4 is 23.4 Å². The molecule has 9 heteroatoms. The van der Waals surface area contributed by atoms with Gasteiger partial charge in [-0.2, -0.15) is 13.2 Å². The predicted molar refractivity (Wildman–Crippen MR) is 94.2 cm³/mol. The second kappa shape index (κ2) is 8.42. The van der Waals surface area contributed by atoms with Crippen LogP contribution in [0.3, 0.4) is 0 Å². The van der Waals surface area contributed by atoms with Crippen molar-refractivity contribution < 1.29 is 13.2 Å². The van der Waals surface area contributed by atoms with Crippen LogP contribution in [0.1, 0.15) is 18.9 Å². The second-order valence-corrected chi connectivity index (χ2v) is 6.02. The normalized spacial score (nSPS) is 18.4. The van der Waals surface area contributed by atoms with Gasteiger partial charge in [0.1, 0.15) is 5.82 Å². The van der Waals surface area contributed by atoms with Gasteiger partial charge in [0.25, 0.3) is 0 Å². The minimum atomic E-state index is -4.45. The Morgan fingerprint density at radius 1 is 1.56 bits per heavy atom. The van der Waals surface area contributed by atoms with E-state index in [0.29, 0.717) is 31.4 Å². The van der Waals surface area contributed by atoms with Gasteiger partial charge in [-0.3, -0.25) is 0 Å². The van der Waals surface area contributed by atoms with Crippen molar-refractivity contribution in [2.75, 3.05) is 31.1 Å². The average Bonchev–Trinajstić information content (AvgIpc) is 3.00. The molecule has 1 aliphatic heterocycles. The third-order valence-corrected chi connectivity index (χ3v) is 3.98. The first-order valence-corrected chi connectivity index (χ1v) is 8.36. The first-order valence-electron chi connectivity index (χ1n) is 7.98. The number of alkyl halides is 3. The smallest absolute Gasteiger partial charge is 0.357 e. The Hall–Kier alpha value is -1.96. The number of hydrogen-bond donors (Lipinski definition) is 2. The fraction of sp³-hybridized carbons (Fsp3) is 0.500. The number of nitrogens with zero attached hydrogens (tertiary/aromatic N) is 3. The van der Waals surface area contributed by atoms with E-state index in [2.05, 4.69) is 27.2 Å². The standard InChI is InChI=1S/C16H21ClF3N5/c1-3-6-22-15(21-4-2)24-12-5-7-25(10-12)14-13(17)8-11(9-23-14)16(18,19)20/h3,8-9,12H,1,4-7,10H2,2H3,(H2,21,22,24). The Morgan fingerprint density at radius 3 is 2.92 bits per heavy atom. The maximum absolute atomic E-state index is 12.7. The Kier molecular flexibility index (Phi) is 6.52. The highest BCUT2D eigenvalue weighted by Crippen LogP contribution is 2.34. The Morgan fingerprint density at radius 2 is 2.32 bits per heavy atom. The van der Waals surface area contributed by atoms with Crippen LogP contribution in [0.25, 0.3) is 0 Å². The molecule has 1 fully saturated rings. The Balaban J connectivity index is 2.04. The molecular weight excluding hydrogens is 355 g/mol. The van der Waals surface area contributed by atoms with Gasteiger partial charge in [-0.25, -0.2) is 9.98 Å². The summed E-state index contributed by atoms with van der Waals surface area (Å²) in [6.07, 6.45) is -1.13. The number of pyridine rings is 1. The average molecular weight is 376 g/mol. The summed E-state index contributed by atoms with van der Waals surface area (Å²) < 4.78 is 38.1. The topological polar surface area (TPSA) is 52.6 Å². The molecule has 1 unspecified atom stereocenters. The van der Waals surface area contributed by atoms with Crippen molar-refractivity contribution in [1.29, 1.82) is 0 Å². The summed E-state index contributed by atoms with van der Waals surface area (Å²) in [5, 5.41) is 6.45. The number of aliphatic imine (C=N–C) groups is 1. The lowest BCUT2D eigenvalue weighted by Gasteiger charge is -2.21. The minimum absolute atomic E-state index is 0.00251. The zero-order chi connectivity index (χ0) is 18.4. The summed E-state index contributed by atoms with van der Waals surface area (Å²) in [6, 6.07) is 1.02. The molecule has 1 aliphatic rings. The lowest BCUT2D eigenvalue weighted by molar-refractivity contribution is -0.137. The van der Waals surface area contributed by atoms with E-state index in [9.17, 15) is 13.2 Å². The molecule has 2 heterocycles. The van der Waals surface area contributed by atoms with Crippen molar-refractivity contribution in [3.63, 3.8) is 0 Å². The van der Waals surface area contributed by atoms with Crippen molar-refractivity contribution in [1.82, 2.24) is 15.6 Å². The molecule has 0 saturated carbocycles. The summed E-state index contributed by atoms with van der Waals surface area (Å²) in [5.74, 6) is 1.05. The number of guanidine groups is 1. The molecule has 2 N–H and O–H groups in total. The molecule has 0 bridgehead atoms. The highest BCUT2D eigenvalue weighted by atomic mass is 35.5. The SMILES string of the molecule is C=CCN=C(NCC)NC1CCN(c2ncc(C(F)(F)F)cc2Cl)C1. The van der Waals surface area contributed by atoms with Crippen LogP contribution in [-0.4, -0.2) is 43.2 Å². The molecule has 1 atom stereocenters. The van der Waals surface area contributed by atoms with E-state index < -0.39 is 11.7 Å². The van der Waals surface area contributed by atoms with E-state index in [1.807, 2.05) is 11.8 Å². The van der Waals surface area contributed by atoms with Gasteiger partial charge >= 0.3 is 6.18 Å². The molecule has 25 heavy (non-hydrogen) atoms. The summed E-state index contributed by atoms with van der Waals surface area (Å²) >= 11 is 6.02. The van der Waals surface area contributed by atoms with Gasteiger partial charge in [-0.05, 0) is 19.4 Å². The van der Waals surface area contributed by atoms with Crippen LogP contribution >= 0.6 is 11.6 Å². The van der Waals surface area contributed by atoms with E-state index in [0.717, 1.165) is 25.2 Å². The number of aromatic nitrogens is 1. The zero-order valence-electron chi connectivity index (χ0n) is 13.9. The molecule has 2 rings (SSSR count). The Labute approximate surface area is 150 Å². The molecule has 0 aliphatic carbocycles. The monoisotopic (exact) mass is 375 g/mol. The summed E-state index contributed by atoms with van der Waals surface area (Å²) in [5.41, 5.74) is -0.846. The van der Waals surface area contributed by atoms with E-state index in [1.54, 1.807) is 6.08 Å². The molecule has 1 saturated heterocycles. The number of hydrogen-bond acceptors (Lipinski definition) is 3. The second-order valence-electron chi connectivity index (χ2n) is 5.61. The van der Waals surface area contributed by atoms with Crippen molar-refractivity contribution in [3.8, 4) is 0 Å². The van der Waals surface area contributed by atoms with Crippen LogP contribution in [0.15, 0.2) is 29.9 Å². The predicted octanol–water partition coefficient (Wildman–Crippen LogP) is 3.07. The Bertz CT molecular complexity index is 633. The van der Waals surface area contributed by atoms with Gasteiger partial charge in [0.2, 0.25) is 0 Å². The van der Waals surface area contributed by atoms with Gasteiger partial charge in [0.05, 0.1) is 17.1 Å². The van der Waals surface area contributed by atoms with Crippen LogP contribution in [0.5, 0.6) is 0 Å². The molecule has 0 spiro atoms. The van der Waals surface area contributed by atoms with Crippen LogP contribution < -0.4 is 15.5 Å².